The Morgan fingerprint density at radius 1 is 1.41 bits per heavy atom. The molecule has 122 valence electrons. The number of urea groups is 1. The number of nitrogens with one attached hydrogen (secondary N) is 1. The molecule has 1 unspecified atom stereocenters. The molecule has 1 fully saturated rings. The van der Waals surface area contributed by atoms with Gasteiger partial charge < -0.3 is 19.8 Å². The smallest absolute Gasteiger partial charge is 0.317 e. The number of amides is 2. The highest BCUT2D eigenvalue weighted by molar-refractivity contribution is 5.79. The number of hydrogen-bond donors (Lipinski definition) is 2. The largest absolute Gasteiger partial charge is 0.481 e. The molecule has 1 aliphatic rings. The molecule has 1 aliphatic heterocycles. The van der Waals surface area contributed by atoms with Crippen LogP contribution >= 0.6 is 0 Å². The number of aliphatic carboxylic acids is 1. The van der Waals surface area contributed by atoms with E-state index >= 15 is 0 Å². The number of likely N-dealkylation sites (tertiary alicyclic amines) is 1. The molecule has 7 nitrogen and oxygen atoms in total. The van der Waals surface area contributed by atoms with Gasteiger partial charge in [0, 0.05) is 31.6 Å². The molecule has 2 N–H and O–H groups in total. The molecule has 0 radical (unpaired) electrons. The van der Waals surface area contributed by atoms with Crippen LogP contribution in [-0.4, -0.2) is 40.3 Å². The lowest BCUT2D eigenvalue weighted by molar-refractivity contribution is -0.147. The minimum Gasteiger partial charge on any atom is -0.481 e. The quantitative estimate of drug-likeness (QED) is 0.864. The average Bonchev–Trinajstić information content (AvgIpc) is 3.08. The predicted molar refractivity (Wildman–Crippen MR) is 79.4 cm³/mol. The first kappa shape index (κ1) is 16.3. The van der Waals surface area contributed by atoms with Gasteiger partial charge in [-0.25, -0.2) is 4.79 Å². The van der Waals surface area contributed by atoms with Crippen molar-refractivity contribution in [3.63, 3.8) is 0 Å². The topological polar surface area (TPSA) is 95.7 Å². The van der Waals surface area contributed by atoms with E-state index < -0.39 is 11.4 Å². The van der Waals surface area contributed by atoms with Gasteiger partial charge in [-0.15, -0.1) is 0 Å². The molecule has 0 aromatic carbocycles. The zero-order chi connectivity index (χ0) is 16.3. The second-order valence-corrected chi connectivity index (χ2v) is 5.93. The van der Waals surface area contributed by atoms with Crippen molar-refractivity contribution in [2.75, 3.05) is 13.1 Å². The lowest BCUT2D eigenvalue weighted by Crippen LogP contribution is -2.40. The second-order valence-electron chi connectivity index (χ2n) is 5.93. The third kappa shape index (κ3) is 3.08. The summed E-state index contributed by atoms with van der Waals surface area (Å²) in [7, 11) is 0. The van der Waals surface area contributed by atoms with Crippen LogP contribution in [0.5, 0.6) is 0 Å². The van der Waals surface area contributed by atoms with E-state index in [-0.39, 0.29) is 12.6 Å². The summed E-state index contributed by atoms with van der Waals surface area (Å²) in [5, 5.41) is 16.1. The minimum absolute atomic E-state index is 0.235. The van der Waals surface area contributed by atoms with Crippen LogP contribution in [0.3, 0.4) is 0 Å². The number of carbonyl (C=O) groups excluding carboxylic acids is 1. The van der Waals surface area contributed by atoms with Crippen molar-refractivity contribution < 1.29 is 19.2 Å². The van der Waals surface area contributed by atoms with E-state index in [9.17, 15) is 14.7 Å². The van der Waals surface area contributed by atoms with Crippen molar-refractivity contribution in [3.8, 4) is 0 Å². The Kier molecular flexibility index (Phi) is 4.73. The van der Waals surface area contributed by atoms with E-state index in [0.29, 0.717) is 19.5 Å². The Bertz CT molecular complexity index is 548. The van der Waals surface area contributed by atoms with Crippen LogP contribution in [0.25, 0.3) is 0 Å². The molecule has 1 aromatic rings. The van der Waals surface area contributed by atoms with E-state index in [4.69, 9.17) is 4.52 Å². The fraction of sp³-hybridized carbons (Fsp3) is 0.667. The lowest BCUT2D eigenvalue weighted by atomic mass is 9.90. The molecule has 0 bridgehead atoms. The number of aromatic nitrogens is 1. The normalized spacial score (nSPS) is 21.1. The summed E-state index contributed by atoms with van der Waals surface area (Å²) in [4.78, 5) is 25.0. The van der Waals surface area contributed by atoms with E-state index in [0.717, 1.165) is 29.9 Å². The van der Waals surface area contributed by atoms with Gasteiger partial charge in [0.25, 0.3) is 0 Å². The van der Waals surface area contributed by atoms with Gasteiger partial charge in [0.2, 0.25) is 0 Å². The third-order valence-corrected chi connectivity index (χ3v) is 4.30. The Labute approximate surface area is 129 Å². The molecule has 7 heteroatoms. The predicted octanol–water partition coefficient (Wildman–Crippen LogP) is 1.81. The summed E-state index contributed by atoms with van der Waals surface area (Å²) >= 11 is 0. The fourth-order valence-corrected chi connectivity index (χ4v) is 2.72. The number of carbonyl (C=O) groups is 2. The van der Waals surface area contributed by atoms with Gasteiger partial charge >= 0.3 is 12.0 Å². The summed E-state index contributed by atoms with van der Waals surface area (Å²) in [6.45, 7) is 6.69. The number of rotatable bonds is 5. The summed E-state index contributed by atoms with van der Waals surface area (Å²) in [5.74, 6) is -0.0719. The Balaban J connectivity index is 1.97. The standard InChI is InChI=1S/C15H23N3O4/c1-4-11-10(12(5-2)22-17-11)8-16-14(21)18-7-6-15(3,9-18)13(19)20/h4-9H2,1-3H3,(H,16,21)(H,19,20). The first-order valence-corrected chi connectivity index (χ1v) is 7.63. The van der Waals surface area contributed by atoms with Crippen LogP contribution in [-0.2, 0) is 24.2 Å². The van der Waals surface area contributed by atoms with Crippen LogP contribution in [0.15, 0.2) is 4.52 Å². The Morgan fingerprint density at radius 2 is 2.14 bits per heavy atom. The number of carboxylic acid groups (broad SMARTS) is 1. The molecule has 1 saturated heterocycles. The zero-order valence-electron chi connectivity index (χ0n) is 13.3. The Hall–Kier alpha value is -2.05. The van der Waals surface area contributed by atoms with Gasteiger partial charge in [-0.05, 0) is 19.8 Å². The van der Waals surface area contributed by atoms with E-state index in [1.807, 2.05) is 13.8 Å². The van der Waals surface area contributed by atoms with E-state index in [1.54, 1.807) is 11.8 Å². The van der Waals surface area contributed by atoms with Crippen molar-refractivity contribution in [1.82, 2.24) is 15.4 Å². The van der Waals surface area contributed by atoms with Gasteiger partial charge in [0.05, 0.1) is 11.1 Å². The molecule has 2 amide bonds. The van der Waals surface area contributed by atoms with Crippen LogP contribution in [0, 0.1) is 5.41 Å². The SMILES string of the molecule is CCc1noc(CC)c1CNC(=O)N1CCC(C)(C(=O)O)C1. The van der Waals surface area contributed by atoms with E-state index in [1.165, 1.54) is 0 Å². The molecule has 2 heterocycles. The molecule has 0 saturated carbocycles. The molecule has 0 spiro atoms. The van der Waals surface area contributed by atoms with Gasteiger partial charge in [-0.1, -0.05) is 19.0 Å². The molecule has 1 atom stereocenters. The highest BCUT2D eigenvalue weighted by Crippen LogP contribution is 2.30. The van der Waals surface area contributed by atoms with Crippen LogP contribution in [0.2, 0.25) is 0 Å². The van der Waals surface area contributed by atoms with Crippen LogP contribution in [0.4, 0.5) is 4.79 Å². The van der Waals surface area contributed by atoms with Crippen LogP contribution in [0.1, 0.15) is 44.2 Å². The summed E-state index contributed by atoms with van der Waals surface area (Å²) < 4.78 is 5.27. The molecule has 2 rings (SSSR count). The van der Waals surface area contributed by atoms with Gasteiger partial charge in [-0.2, -0.15) is 0 Å². The maximum Gasteiger partial charge on any atom is 0.317 e. The van der Waals surface area contributed by atoms with Crippen molar-refractivity contribution in [3.05, 3.63) is 17.0 Å². The molecule has 22 heavy (non-hydrogen) atoms. The zero-order valence-corrected chi connectivity index (χ0v) is 13.3. The highest BCUT2D eigenvalue weighted by atomic mass is 16.5. The number of hydrogen-bond acceptors (Lipinski definition) is 4. The van der Waals surface area contributed by atoms with Crippen molar-refractivity contribution in [2.24, 2.45) is 5.41 Å². The lowest BCUT2D eigenvalue weighted by Gasteiger charge is -2.20. The third-order valence-electron chi connectivity index (χ3n) is 4.30. The molecular weight excluding hydrogens is 286 g/mol. The summed E-state index contributed by atoms with van der Waals surface area (Å²) in [6, 6.07) is -0.240. The molecular formula is C15H23N3O4. The van der Waals surface area contributed by atoms with E-state index in [2.05, 4.69) is 10.5 Å². The summed E-state index contributed by atoms with van der Waals surface area (Å²) in [5.41, 5.74) is 0.935. The number of aryl methyl sites for hydroxylation is 2. The first-order chi connectivity index (χ1) is 10.4. The second kappa shape index (κ2) is 6.37. The molecule has 0 aliphatic carbocycles. The maximum absolute atomic E-state index is 12.2. The highest BCUT2D eigenvalue weighted by Gasteiger charge is 2.42. The minimum atomic E-state index is -0.858. The number of carboxylic acids is 1. The monoisotopic (exact) mass is 309 g/mol. The van der Waals surface area contributed by atoms with Crippen molar-refractivity contribution >= 4 is 12.0 Å². The van der Waals surface area contributed by atoms with Crippen molar-refractivity contribution in [2.45, 2.75) is 46.6 Å². The van der Waals surface area contributed by atoms with Gasteiger partial charge in [0.1, 0.15) is 5.76 Å². The molecule has 1 aromatic heterocycles. The van der Waals surface area contributed by atoms with Gasteiger partial charge in [0.15, 0.2) is 0 Å². The number of nitrogens with zero attached hydrogens (tertiary/aromatic N) is 2. The summed E-state index contributed by atoms with van der Waals surface area (Å²) in [6.07, 6.45) is 1.94. The Morgan fingerprint density at radius 3 is 2.68 bits per heavy atom. The average molecular weight is 309 g/mol. The van der Waals surface area contributed by atoms with Gasteiger partial charge in [-0.3, -0.25) is 4.79 Å². The first-order valence-electron chi connectivity index (χ1n) is 7.63. The maximum atomic E-state index is 12.2. The van der Waals surface area contributed by atoms with Crippen LogP contribution < -0.4 is 5.32 Å². The fourth-order valence-electron chi connectivity index (χ4n) is 2.72. The van der Waals surface area contributed by atoms with Crippen molar-refractivity contribution in [1.29, 1.82) is 0 Å².